The second-order valence-electron chi connectivity index (χ2n) is 5.04. The lowest BCUT2D eigenvalue weighted by atomic mass is 10.1. The number of rotatable bonds is 4. The zero-order valence-electron chi connectivity index (χ0n) is 12.6. The lowest BCUT2D eigenvalue weighted by Gasteiger charge is -2.36. The summed E-state index contributed by atoms with van der Waals surface area (Å²) in [6, 6.07) is 3.28. The first kappa shape index (κ1) is 15.9. The van der Waals surface area contributed by atoms with Crippen molar-refractivity contribution in [2.24, 2.45) is 0 Å². The number of anilines is 2. The summed E-state index contributed by atoms with van der Waals surface area (Å²) < 4.78 is 4.98. The number of hydrogen-bond donors (Lipinski definition) is 1. The van der Waals surface area contributed by atoms with Crippen LogP contribution >= 0.6 is 11.6 Å². The fourth-order valence-electron chi connectivity index (χ4n) is 2.57. The Hall–Kier alpha value is -1.46. The van der Waals surface area contributed by atoms with Gasteiger partial charge in [-0.3, -0.25) is 0 Å². The Bertz CT molecular complexity index is 491. The van der Waals surface area contributed by atoms with E-state index in [2.05, 4.69) is 16.7 Å². The van der Waals surface area contributed by atoms with Crippen molar-refractivity contribution >= 4 is 28.9 Å². The molecule has 2 N–H and O–H groups in total. The molecule has 2 rings (SSSR count). The maximum absolute atomic E-state index is 11.8. The largest absolute Gasteiger partial charge is 0.462 e. The van der Waals surface area contributed by atoms with Crippen LogP contribution in [0.5, 0.6) is 0 Å². The van der Waals surface area contributed by atoms with Gasteiger partial charge in [0.15, 0.2) is 0 Å². The summed E-state index contributed by atoms with van der Waals surface area (Å²) in [5.41, 5.74) is 7.85. The first-order valence-corrected chi connectivity index (χ1v) is 7.68. The molecular formula is C15H22ClN3O2. The molecule has 0 saturated carbocycles. The Labute approximate surface area is 130 Å². The third-order valence-electron chi connectivity index (χ3n) is 3.74. The molecule has 0 unspecified atom stereocenters. The van der Waals surface area contributed by atoms with E-state index in [9.17, 15) is 4.79 Å². The standard InChI is InChI=1S/C15H22ClN3O2/c1-3-18-5-7-19(8-6-18)14-12(16)9-11(10-13(14)17)15(20)21-4-2/h9-10H,3-8,17H2,1-2H3. The first-order chi connectivity index (χ1) is 10.1. The van der Waals surface area contributed by atoms with Crippen molar-refractivity contribution < 1.29 is 9.53 Å². The molecule has 1 aliphatic rings. The van der Waals surface area contributed by atoms with Crippen LogP contribution in [0, 0.1) is 0 Å². The number of hydrogen-bond acceptors (Lipinski definition) is 5. The van der Waals surface area contributed by atoms with Crippen LogP contribution in [0.15, 0.2) is 12.1 Å². The van der Waals surface area contributed by atoms with E-state index in [4.69, 9.17) is 22.1 Å². The molecule has 1 saturated heterocycles. The Balaban J connectivity index is 2.20. The zero-order chi connectivity index (χ0) is 15.4. The summed E-state index contributed by atoms with van der Waals surface area (Å²) in [5, 5.41) is 0.503. The molecular weight excluding hydrogens is 290 g/mol. The van der Waals surface area contributed by atoms with Crippen molar-refractivity contribution in [3.05, 3.63) is 22.7 Å². The molecule has 1 aromatic carbocycles. The maximum Gasteiger partial charge on any atom is 0.338 e. The number of carbonyl (C=O) groups excluding carboxylic acids is 1. The summed E-state index contributed by atoms with van der Waals surface area (Å²) >= 11 is 6.34. The number of likely N-dealkylation sites (N-methyl/N-ethyl adjacent to an activating group) is 1. The molecule has 1 aliphatic heterocycles. The Kier molecular flexibility index (Phi) is 5.31. The summed E-state index contributed by atoms with van der Waals surface area (Å²) in [5.74, 6) is -0.395. The van der Waals surface area contributed by atoms with Crippen LogP contribution in [0.25, 0.3) is 0 Å². The molecule has 116 valence electrons. The van der Waals surface area contributed by atoms with E-state index in [1.165, 1.54) is 0 Å². The summed E-state index contributed by atoms with van der Waals surface area (Å²) in [7, 11) is 0. The van der Waals surface area contributed by atoms with Crippen LogP contribution < -0.4 is 10.6 Å². The third-order valence-corrected chi connectivity index (χ3v) is 4.03. The number of nitrogen functional groups attached to an aromatic ring is 1. The Morgan fingerprint density at radius 3 is 2.48 bits per heavy atom. The van der Waals surface area contributed by atoms with Crippen LogP contribution in [0.3, 0.4) is 0 Å². The molecule has 0 spiro atoms. The van der Waals surface area contributed by atoms with Crippen molar-refractivity contribution in [2.45, 2.75) is 13.8 Å². The van der Waals surface area contributed by atoms with Crippen LogP contribution in [-0.4, -0.2) is 50.2 Å². The van der Waals surface area contributed by atoms with Gasteiger partial charge in [-0.05, 0) is 25.6 Å². The minimum absolute atomic E-state index is 0.330. The fourth-order valence-corrected chi connectivity index (χ4v) is 2.92. The number of piperazine rings is 1. The topological polar surface area (TPSA) is 58.8 Å². The van der Waals surface area contributed by atoms with Gasteiger partial charge in [0.25, 0.3) is 0 Å². The van der Waals surface area contributed by atoms with Crippen LogP contribution in [-0.2, 0) is 4.74 Å². The number of nitrogens with zero attached hydrogens (tertiary/aromatic N) is 2. The smallest absolute Gasteiger partial charge is 0.338 e. The van der Waals surface area contributed by atoms with E-state index >= 15 is 0 Å². The normalized spacial score (nSPS) is 16.0. The van der Waals surface area contributed by atoms with E-state index in [1.807, 2.05) is 0 Å². The maximum atomic E-state index is 11.8. The van der Waals surface area contributed by atoms with Gasteiger partial charge in [0, 0.05) is 26.2 Å². The molecule has 0 atom stereocenters. The molecule has 0 radical (unpaired) electrons. The van der Waals surface area contributed by atoms with Gasteiger partial charge in [-0.1, -0.05) is 18.5 Å². The molecule has 1 heterocycles. The lowest BCUT2D eigenvalue weighted by Crippen LogP contribution is -2.46. The van der Waals surface area contributed by atoms with Gasteiger partial charge in [0.2, 0.25) is 0 Å². The number of halogens is 1. The third kappa shape index (κ3) is 3.60. The van der Waals surface area contributed by atoms with E-state index in [0.717, 1.165) is 38.4 Å². The molecule has 21 heavy (non-hydrogen) atoms. The first-order valence-electron chi connectivity index (χ1n) is 7.30. The monoisotopic (exact) mass is 311 g/mol. The Morgan fingerprint density at radius 2 is 1.95 bits per heavy atom. The minimum atomic E-state index is -0.395. The van der Waals surface area contributed by atoms with Crippen molar-refractivity contribution in [2.75, 3.05) is 50.0 Å². The van der Waals surface area contributed by atoms with Gasteiger partial charge in [0.1, 0.15) is 0 Å². The highest BCUT2D eigenvalue weighted by molar-refractivity contribution is 6.34. The van der Waals surface area contributed by atoms with Crippen molar-refractivity contribution in [3.8, 4) is 0 Å². The van der Waals surface area contributed by atoms with Gasteiger partial charge in [-0.15, -0.1) is 0 Å². The van der Waals surface area contributed by atoms with Gasteiger partial charge < -0.3 is 20.3 Å². The second-order valence-corrected chi connectivity index (χ2v) is 5.44. The number of benzene rings is 1. The van der Waals surface area contributed by atoms with Gasteiger partial charge in [0.05, 0.1) is 28.6 Å². The summed E-state index contributed by atoms with van der Waals surface area (Å²) in [6.45, 7) is 9.07. The van der Waals surface area contributed by atoms with Crippen LogP contribution in [0.2, 0.25) is 5.02 Å². The van der Waals surface area contributed by atoms with Crippen molar-refractivity contribution in [3.63, 3.8) is 0 Å². The van der Waals surface area contributed by atoms with Crippen LogP contribution in [0.4, 0.5) is 11.4 Å². The quantitative estimate of drug-likeness (QED) is 0.682. The number of ether oxygens (including phenoxy) is 1. The number of esters is 1. The van der Waals surface area contributed by atoms with Gasteiger partial charge in [-0.2, -0.15) is 0 Å². The minimum Gasteiger partial charge on any atom is -0.462 e. The predicted octanol–water partition coefficient (Wildman–Crippen LogP) is 2.24. The van der Waals surface area contributed by atoms with E-state index in [1.54, 1.807) is 19.1 Å². The van der Waals surface area contributed by atoms with E-state index < -0.39 is 5.97 Å². The highest BCUT2D eigenvalue weighted by atomic mass is 35.5. The highest BCUT2D eigenvalue weighted by Crippen LogP contribution is 2.34. The highest BCUT2D eigenvalue weighted by Gasteiger charge is 2.21. The predicted molar refractivity (Wildman–Crippen MR) is 86.1 cm³/mol. The average molecular weight is 312 g/mol. The second kappa shape index (κ2) is 7.00. The number of carbonyl (C=O) groups is 1. The Morgan fingerprint density at radius 1 is 1.29 bits per heavy atom. The summed E-state index contributed by atoms with van der Waals surface area (Å²) in [4.78, 5) is 16.3. The lowest BCUT2D eigenvalue weighted by molar-refractivity contribution is 0.0526. The molecule has 0 bridgehead atoms. The SMILES string of the molecule is CCOC(=O)c1cc(N)c(N2CCN(CC)CC2)c(Cl)c1. The fraction of sp³-hybridized carbons (Fsp3) is 0.533. The van der Waals surface area contributed by atoms with E-state index in [0.29, 0.717) is 22.9 Å². The van der Waals surface area contributed by atoms with Crippen LogP contribution in [0.1, 0.15) is 24.2 Å². The van der Waals surface area contributed by atoms with Gasteiger partial charge >= 0.3 is 5.97 Å². The molecule has 0 amide bonds. The molecule has 1 fully saturated rings. The van der Waals surface area contributed by atoms with Crippen molar-refractivity contribution in [1.82, 2.24) is 4.90 Å². The average Bonchev–Trinajstić information content (AvgIpc) is 2.47. The molecule has 6 heteroatoms. The van der Waals surface area contributed by atoms with Crippen molar-refractivity contribution in [1.29, 1.82) is 0 Å². The number of nitrogens with two attached hydrogens (primary N) is 1. The molecule has 0 aliphatic carbocycles. The molecule has 1 aromatic rings. The van der Waals surface area contributed by atoms with Gasteiger partial charge in [-0.25, -0.2) is 4.79 Å². The summed E-state index contributed by atoms with van der Waals surface area (Å²) in [6.07, 6.45) is 0. The molecule has 5 nitrogen and oxygen atoms in total. The van der Waals surface area contributed by atoms with E-state index in [-0.39, 0.29) is 0 Å². The zero-order valence-corrected chi connectivity index (χ0v) is 13.3. The molecule has 0 aromatic heterocycles.